The molecule has 0 saturated carbocycles. The van der Waals surface area contributed by atoms with Crippen molar-refractivity contribution >= 4 is 5.91 Å². The van der Waals surface area contributed by atoms with Crippen LogP contribution in [0.4, 0.5) is 0 Å². The van der Waals surface area contributed by atoms with Gasteiger partial charge in [0.05, 0.1) is 0 Å². The van der Waals surface area contributed by atoms with Crippen molar-refractivity contribution in [2.24, 2.45) is 0 Å². The van der Waals surface area contributed by atoms with Crippen LogP contribution in [0.3, 0.4) is 0 Å². The van der Waals surface area contributed by atoms with E-state index in [1.807, 2.05) is 37.3 Å². The third-order valence-electron chi connectivity index (χ3n) is 4.49. The van der Waals surface area contributed by atoms with Crippen LogP contribution in [0, 0.1) is 6.92 Å². The smallest absolute Gasteiger partial charge is 0.291 e. The highest BCUT2D eigenvalue weighted by molar-refractivity contribution is 5.90. The zero-order valence-electron chi connectivity index (χ0n) is 13.9. The summed E-state index contributed by atoms with van der Waals surface area (Å²) < 4.78 is 0. The lowest BCUT2D eigenvalue weighted by molar-refractivity contribution is 0.0751. The molecule has 0 bridgehead atoms. The first-order valence-corrected chi connectivity index (χ1v) is 8.29. The minimum absolute atomic E-state index is 0.126. The van der Waals surface area contributed by atoms with E-state index < -0.39 is 0 Å². The molecule has 0 radical (unpaired) electrons. The van der Waals surface area contributed by atoms with Gasteiger partial charge in [-0.15, -0.1) is 0 Å². The number of amides is 1. The summed E-state index contributed by atoms with van der Waals surface area (Å²) in [7, 11) is 0. The Hall–Kier alpha value is -3.09. The summed E-state index contributed by atoms with van der Waals surface area (Å²) >= 11 is 0. The number of rotatable bonds is 2. The number of aromatic amines is 1. The van der Waals surface area contributed by atoms with E-state index in [-0.39, 0.29) is 11.7 Å². The normalized spacial score (nSPS) is 14.0. The molecule has 0 atom stereocenters. The highest BCUT2D eigenvalue weighted by atomic mass is 16.2. The zero-order chi connectivity index (χ0) is 17.2. The van der Waals surface area contributed by atoms with Gasteiger partial charge in [0.15, 0.2) is 5.82 Å². The van der Waals surface area contributed by atoms with Crippen molar-refractivity contribution < 1.29 is 4.79 Å². The molecule has 1 N–H and O–H groups in total. The predicted octanol–water partition coefficient (Wildman–Crippen LogP) is 1.81. The Bertz CT molecular complexity index is 891. The molecule has 1 aliphatic rings. The van der Waals surface area contributed by atoms with Crippen LogP contribution in [0.25, 0.3) is 11.4 Å². The summed E-state index contributed by atoms with van der Waals surface area (Å²) in [6.45, 7) is 3.25. The van der Waals surface area contributed by atoms with Gasteiger partial charge < -0.3 is 4.90 Å². The van der Waals surface area contributed by atoms with Crippen molar-refractivity contribution in [3.63, 3.8) is 0 Å². The molecule has 25 heavy (non-hydrogen) atoms. The fourth-order valence-corrected chi connectivity index (χ4v) is 3.16. The standard InChI is InChI=1S/C18H18N6O/c1-12-14-7-9-24(18(25)17-19-11-20-23-17)10-8-15(14)22-16(21-12)13-5-3-2-4-6-13/h2-6,11H,7-10H2,1H3,(H,19,20,23). The van der Waals surface area contributed by atoms with Gasteiger partial charge in [0.1, 0.15) is 6.33 Å². The van der Waals surface area contributed by atoms with Crippen LogP contribution in [0.1, 0.15) is 27.6 Å². The minimum Gasteiger partial charge on any atom is -0.335 e. The second kappa shape index (κ2) is 6.43. The Morgan fingerprint density at radius 1 is 1.12 bits per heavy atom. The molecule has 1 aliphatic heterocycles. The largest absolute Gasteiger partial charge is 0.335 e. The summed E-state index contributed by atoms with van der Waals surface area (Å²) in [6, 6.07) is 9.97. The SMILES string of the molecule is Cc1nc(-c2ccccc2)nc2c1CCN(C(=O)c1ncn[nH]1)CC2. The maximum Gasteiger partial charge on any atom is 0.291 e. The summed E-state index contributed by atoms with van der Waals surface area (Å²) in [5.41, 5.74) is 4.16. The lowest BCUT2D eigenvalue weighted by Crippen LogP contribution is -2.34. The van der Waals surface area contributed by atoms with E-state index in [0.29, 0.717) is 19.5 Å². The molecule has 7 nitrogen and oxygen atoms in total. The molecular weight excluding hydrogens is 316 g/mol. The molecule has 2 aromatic heterocycles. The fourth-order valence-electron chi connectivity index (χ4n) is 3.16. The number of nitrogens with zero attached hydrogens (tertiary/aromatic N) is 5. The Morgan fingerprint density at radius 3 is 2.68 bits per heavy atom. The molecule has 4 rings (SSSR count). The van der Waals surface area contributed by atoms with Crippen LogP contribution in [-0.2, 0) is 12.8 Å². The molecule has 1 aromatic carbocycles. The van der Waals surface area contributed by atoms with Gasteiger partial charge in [-0.1, -0.05) is 30.3 Å². The number of hydrogen-bond acceptors (Lipinski definition) is 5. The third kappa shape index (κ3) is 3.00. The molecule has 0 aliphatic carbocycles. The van der Waals surface area contributed by atoms with Gasteiger partial charge in [-0.3, -0.25) is 9.89 Å². The highest BCUT2D eigenvalue weighted by Gasteiger charge is 2.24. The first-order valence-electron chi connectivity index (χ1n) is 8.29. The number of aryl methyl sites for hydroxylation is 1. The van der Waals surface area contributed by atoms with Gasteiger partial charge in [-0.05, 0) is 18.9 Å². The van der Waals surface area contributed by atoms with E-state index in [9.17, 15) is 4.79 Å². The van der Waals surface area contributed by atoms with E-state index >= 15 is 0 Å². The second-order valence-electron chi connectivity index (χ2n) is 6.05. The summed E-state index contributed by atoms with van der Waals surface area (Å²) in [6.07, 6.45) is 2.80. The van der Waals surface area contributed by atoms with Gasteiger partial charge >= 0.3 is 0 Å². The van der Waals surface area contributed by atoms with Crippen molar-refractivity contribution in [1.82, 2.24) is 30.0 Å². The van der Waals surface area contributed by atoms with Gasteiger partial charge in [-0.2, -0.15) is 5.10 Å². The highest BCUT2D eigenvalue weighted by Crippen LogP contribution is 2.22. The third-order valence-corrected chi connectivity index (χ3v) is 4.49. The number of carbonyl (C=O) groups excluding carboxylic acids is 1. The maximum absolute atomic E-state index is 12.5. The number of H-pyrrole nitrogens is 1. The van der Waals surface area contributed by atoms with Crippen LogP contribution in [0.5, 0.6) is 0 Å². The summed E-state index contributed by atoms with van der Waals surface area (Å²) in [4.78, 5) is 27.7. The average molecular weight is 334 g/mol. The van der Waals surface area contributed by atoms with E-state index in [1.54, 1.807) is 4.90 Å². The Morgan fingerprint density at radius 2 is 1.92 bits per heavy atom. The van der Waals surface area contributed by atoms with Crippen molar-refractivity contribution in [2.45, 2.75) is 19.8 Å². The quantitative estimate of drug-likeness (QED) is 0.772. The molecule has 126 valence electrons. The lowest BCUT2D eigenvalue weighted by Gasteiger charge is -2.18. The van der Waals surface area contributed by atoms with Gasteiger partial charge in [0, 0.05) is 36.5 Å². The zero-order valence-corrected chi connectivity index (χ0v) is 13.9. The fraction of sp³-hybridized carbons (Fsp3) is 0.278. The molecule has 3 heterocycles. The molecule has 0 unspecified atom stereocenters. The monoisotopic (exact) mass is 334 g/mol. The van der Waals surface area contributed by atoms with E-state index in [2.05, 4.69) is 20.2 Å². The topological polar surface area (TPSA) is 87.7 Å². The van der Waals surface area contributed by atoms with Crippen LogP contribution in [0.2, 0.25) is 0 Å². The van der Waals surface area contributed by atoms with Crippen LogP contribution >= 0.6 is 0 Å². The Balaban J connectivity index is 1.61. The van der Waals surface area contributed by atoms with Gasteiger partial charge in [0.25, 0.3) is 5.91 Å². The van der Waals surface area contributed by atoms with E-state index in [0.717, 1.165) is 34.8 Å². The molecule has 3 aromatic rings. The molecule has 7 heteroatoms. The van der Waals surface area contributed by atoms with Crippen molar-refractivity contribution in [3.8, 4) is 11.4 Å². The number of carbonyl (C=O) groups is 1. The van der Waals surface area contributed by atoms with E-state index in [4.69, 9.17) is 4.98 Å². The average Bonchev–Trinajstić information content (AvgIpc) is 3.09. The van der Waals surface area contributed by atoms with Crippen LogP contribution in [0.15, 0.2) is 36.7 Å². The Kier molecular flexibility index (Phi) is 3.97. The van der Waals surface area contributed by atoms with Gasteiger partial charge in [0.2, 0.25) is 5.82 Å². The first kappa shape index (κ1) is 15.4. The maximum atomic E-state index is 12.5. The molecule has 0 spiro atoms. The van der Waals surface area contributed by atoms with Crippen LogP contribution < -0.4 is 0 Å². The number of nitrogens with one attached hydrogen (secondary N) is 1. The second-order valence-corrected chi connectivity index (χ2v) is 6.05. The summed E-state index contributed by atoms with van der Waals surface area (Å²) in [5, 5.41) is 6.39. The van der Waals surface area contributed by atoms with Crippen molar-refractivity contribution in [3.05, 3.63) is 59.4 Å². The molecule has 1 amide bonds. The number of aromatic nitrogens is 5. The minimum atomic E-state index is -0.126. The number of benzene rings is 1. The van der Waals surface area contributed by atoms with E-state index in [1.165, 1.54) is 6.33 Å². The Labute approximate surface area is 145 Å². The lowest BCUT2D eigenvalue weighted by atomic mass is 10.1. The summed E-state index contributed by atoms with van der Waals surface area (Å²) in [5.74, 6) is 0.893. The van der Waals surface area contributed by atoms with Gasteiger partial charge in [-0.25, -0.2) is 15.0 Å². The number of hydrogen-bond donors (Lipinski definition) is 1. The molecular formula is C18H18N6O. The number of fused-ring (bicyclic) bond motifs is 1. The molecule has 0 fully saturated rings. The predicted molar refractivity (Wildman–Crippen MR) is 91.9 cm³/mol. The van der Waals surface area contributed by atoms with Crippen LogP contribution in [-0.4, -0.2) is 49.0 Å². The van der Waals surface area contributed by atoms with Crippen molar-refractivity contribution in [2.75, 3.05) is 13.1 Å². The first-order chi connectivity index (χ1) is 12.2. The molecule has 0 saturated heterocycles. The van der Waals surface area contributed by atoms with Crippen molar-refractivity contribution in [1.29, 1.82) is 0 Å².